The second kappa shape index (κ2) is 9.31. The van der Waals surface area contributed by atoms with Gasteiger partial charge in [0, 0.05) is 16.8 Å². The molecule has 0 unspecified atom stereocenters. The third kappa shape index (κ3) is 3.89. The lowest BCUT2D eigenvalue weighted by molar-refractivity contribution is -0.142. The van der Waals surface area contributed by atoms with Crippen LogP contribution in [-0.2, 0) is 9.53 Å². The number of fused-ring (bicyclic) bond motifs is 2. The first-order chi connectivity index (χ1) is 15.6. The van der Waals surface area contributed by atoms with Crippen molar-refractivity contribution in [2.45, 2.75) is 26.3 Å². The van der Waals surface area contributed by atoms with E-state index in [2.05, 4.69) is 61.6 Å². The quantitative estimate of drug-likeness (QED) is 0.335. The Morgan fingerprint density at radius 2 is 1.44 bits per heavy atom. The maximum Gasteiger partial charge on any atom is 0.328 e. The lowest BCUT2D eigenvalue weighted by Crippen LogP contribution is -2.36. The molecule has 0 fully saturated rings. The SMILES string of the molecule is CC[C@@H](C)[C@H](Nc1ccc2ccccc2c1-c1c(OC)ccc2ccccc12)C(=O)OC. The summed E-state index contributed by atoms with van der Waals surface area (Å²) in [5.74, 6) is 0.640. The van der Waals surface area contributed by atoms with Crippen LogP contribution in [0.1, 0.15) is 20.3 Å². The van der Waals surface area contributed by atoms with E-state index in [1.165, 1.54) is 7.11 Å². The number of ether oxygens (including phenoxy) is 2. The molecule has 32 heavy (non-hydrogen) atoms. The first-order valence-electron chi connectivity index (χ1n) is 11.0. The van der Waals surface area contributed by atoms with Crippen LogP contribution in [0.4, 0.5) is 5.69 Å². The second-order valence-corrected chi connectivity index (χ2v) is 8.10. The van der Waals surface area contributed by atoms with Crippen LogP contribution in [-0.4, -0.2) is 26.2 Å². The molecule has 4 aromatic rings. The summed E-state index contributed by atoms with van der Waals surface area (Å²) in [6.45, 7) is 4.14. The van der Waals surface area contributed by atoms with Crippen molar-refractivity contribution < 1.29 is 14.3 Å². The van der Waals surface area contributed by atoms with E-state index in [-0.39, 0.29) is 11.9 Å². The highest BCUT2D eigenvalue weighted by Gasteiger charge is 2.27. The maximum absolute atomic E-state index is 12.7. The molecule has 0 saturated carbocycles. The summed E-state index contributed by atoms with van der Waals surface area (Å²) in [5, 5.41) is 7.98. The Labute approximate surface area is 189 Å². The predicted octanol–water partition coefficient (Wildman–Crippen LogP) is 6.67. The minimum Gasteiger partial charge on any atom is -0.496 e. The lowest BCUT2D eigenvalue weighted by atomic mass is 9.90. The largest absolute Gasteiger partial charge is 0.496 e. The van der Waals surface area contributed by atoms with Crippen molar-refractivity contribution in [3.8, 4) is 16.9 Å². The van der Waals surface area contributed by atoms with Crippen LogP contribution in [0.5, 0.6) is 5.75 Å². The second-order valence-electron chi connectivity index (χ2n) is 8.10. The minimum absolute atomic E-state index is 0.108. The molecule has 0 radical (unpaired) electrons. The Kier molecular flexibility index (Phi) is 6.31. The lowest BCUT2D eigenvalue weighted by Gasteiger charge is -2.26. The zero-order valence-corrected chi connectivity index (χ0v) is 19.0. The summed E-state index contributed by atoms with van der Waals surface area (Å²) < 4.78 is 11.0. The van der Waals surface area contributed by atoms with Crippen molar-refractivity contribution in [3.05, 3.63) is 72.8 Å². The number of hydrogen-bond donors (Lipinski definition) is 1. The smallest absolute Gasteiger partial charge is 0.328 e. The molecule has 0 heterocycles. The number of carbonyl (C=O) groups excluding carboxylic acids is 1. The summed E-state index contributed by atoms with van der Waals surface area (Å²) >= 11 is 0. The number of anilines is 1. The van der Waals surface area contributed by atoms with Gasteiger partial charge in [0.15, 0.2) is 0 Å². The van der Waals surface area contributed by atoms with Gasteiger partial charge >= 0.3 is 5.97 Å². The fourth-order valence-corrected chi connectivity index (χ4v) is 4.30. The van der Waals surface area contributed by atoms with Gasteiger partial charge in [0.1, 0.15) is 11.8 Å². The minimum atomic E-state index is -0.453. The molecule has 0 aromatic heterocycles. The molecule has 0 saturated heterocycles. The predicted molar refractivity (Wildman–Crippen MR) is 132 cm³/mol. The molecule has 164 valence electrons. The third-order valence-electron chi connectivity index (χ3n) is 6.27. The van der Waals surface area contributed by atoms with E-state index >= 15 is 0 Å². The maximum atomic E-state index is 12.7. The van der Waals surface area contributed by atoms with E-state index in [1.807, 2.05) is 30.3 Å². The van der Waals surface area contributed by atoms with E-state index in [1.54, 1.807) is 7.11 Å². The van der Waals surface area contributed by atoms with Gasteiger partial charge in [-0.15, -0.1) is 0 Å². The summed E-state index contributed by atoms with van der Waals surface area (Å²) in [4.78, 5) is 12.7. The fourth-order valence-electron chi connectivity index (χ4n) is 4.30. The molecule has 0 aliphatic rings. The monoisotopic (exact) mass is 427 g/mol. The number of carbonyl (C=O) groups is 1. The van der Waals surface area contributed by atoms with Crippen LogP contribution < -0.4 is 10.1 Å². The summed E-state index contributed by atoms with van der Waals surface area (Å²) in [6.07, 6.45) is 0.854. The van der Waals surface area contributed by atoms with Crippen LogP contribution >= 0.6 is 0 Å². The van der Waals surface area contributed by atoms with Crippen molar-refractivity contribution in [2.75, 3.05) is 19.5 Å². The number of benzene rings is 4. The van der Waals surface area contributed by atoms with E-state index in [9.17, 15) is 4.79 Å². The highest BCUT2D eigenvalue weighted by atomic mass is 16.5. The number of methoxy groups -OCH3 is 2. The van der Waals surface area contributed by atoms with Crippen LogP contribution in [0.25, 0.3) is 32.7 Å². The van der Waals surface area contributed by atoms with Crippen molar-refractivity contribution in [1.82, 2.24) is 0 Å². The zero-order valence-electron chi connectivity index (χ0n) is 19.0. The van der Waals surface area contributed by atoms with Gasteiger partial charge in [-0.2, -0.15) is 0 Å². The van der Waals surface area contributed by atoms with Gasteiger partial charge in [0.05, 0.1) is 14.2 Å². The van der Waals surface area contributed by atoms with Gasteiger partial charge in [-0.05, 0) is 39.6 Å². The van der Waals surface area contributed by atoms with Crippen molar-refractivity contribution >= 4 is 33.2 Å². The standard InChI is InChI=1S/C28H29NO3/c1-5-18(2)27(28(30)32-4)29-23-16-14-19-10-6-8-12-21(19)25(23)26-22-13-9-7-11-20(22)15-17-24(26)31-3/h6-18,27,29H,5H2,1-4H3/t18-,27+/m1/s1. The molecule has 0 amide bonds. The van der Waals surface area contributed by atoms with Crippen LogP contribution in [0.3, 0.4) is 0 Å². The molecule has 4 rings (SSSR count). The number of esters is 1. The van der Waals surface area contributed by atoms with Crippen LogP contribution in [0.15, 0.2) is 72.8 Å². The first kappa shape index (κ1) is 21.7. The molecule has 4 heteroatoms. The molecule has 1 N–H and O–H groups in total. The Balaban J connectivity index is 2.03. The molecule has 0 bridgehead atoms. The van der Waals surface area contributed by atoms with E-state index in [0.717, 1.165) is 50.5 Å². The van der Waals surface area contributed by atoms with Gasteiger partial charge in [0.25, 0.3) is 0 Å². The molecule has 0 aliphatic heterocycles. The zero-order chi connectivity index (χ0) is 22.7. The Morgan fingerprint density at radius 3 is 2.03 bits per heavy atom. The van der Waals surface area contributed by atoms with Gasteiger partial charge in [-0.3, -0.25) is 0 Å². The Hall–Kier alpha value is -3.53. The molecule has 0 aliphatic carbocycles. The van der Waals surface area contributed by atoms with Crippen LogP contribution in [0, 0.1) is 5.92 Å². The molecular weight excluding hydrogens is 398 g/mol. The van der Waals surface area contributed by atoms with Gasteiger partial charge in [-0.1, -0.05) is 80.9 Å². The van der Waals surface area contributed by atoms with Gasteiger partial charge in [0.2, 0.25) is 0 Å². The molecule has 4 aromatic carbocycles. The molecule has 4 nitrogen and oxygen atoms in total. The number of hydrogen-bond acceptors (Lipinski definition) is 4. The van der Waals surface area contributed by atoms with Gasteiger partial charge < -0.3 is 14.8 Å². The van der Waals surface area contributed by atoms with Crippen molar-refractivity contribution in [2.24, 2.45) is 5.92 Å². The Morgan fingerprint density at radius 1 is 0.844 bits per heavy atom. The number of nitrogens with one attached hydrogen (secondary N) is 1. The van der Waals surface area contributed by atoms with E-state index in [4.69, 9.17) is 9.47 Å². The van der Waals surface area contributed by atoms with Crippen LogP contribution in [0.2, 0.25) is 0 Å². The summed E-state index contributed by atoms with van der Waals surface area (Å²) in [6, 6.07) is 24.4. The average molecular weight is 428 g/mol. The van der Waals surface area contributed by atoms with Gasteiger partial charge in [-0.25, -0.2) is 4.79 Å². The third-order valence-corrected chi connectivity index (χ3v) is 6.27. The highest BCUT2D eigenvalue weighted by Crippen LogP contribution is 2.44. The van der Waals surface area contributed by atoms with Crippen molar-refractivity contribution in [1.29, 1.82) is 0 Å². The van der Waals surface area contributed by atoms with E-state index in [0.29, 0.717) is 0 Å². The highest BCUT2D eigenvalue weighted by molar-refractivity contribution is 6.12. The average Bonchev–Trinajstić information content (AvgIpc) is 2.85. The first-order valence-corrected chi connectivity index (χ1v) is 11.0. The summed E-state index contributed by atoms with van der Waals surface area (Å²) in [5.41, 5.74) is 2.92. The van der Waals surface area contributed by atoms with E-state index < -0.39 is 6.04 Å². The number of rotatable bonds is 7. The van der Waals surface area contributed by atoms with Crippen molar-refractivity contribution in [3.63, 3.8) is 0 Å². The molecular formula is C28H29NO3. The Bertz CT molecular complexity index is 1260. The molecule has 0 spiro atoms. The normalized spacial score (nSPS) is 13.0. The summed E-state index contributed by atoms with van der Waals surface area (Å²) in [7, 11) is 3.14. The topological polar surface area (TPSA) is 47.6 Å². The molecule has 2 atom stereocenters. The fraction of sp³-hybridized carbons (Fsp3) is 0.250.